The van der Waals surface area contributed by atoms with E-state index in [-0.39, 0.29) is 5.91 Å². The third-order valence-corrected chi connectivity index (χ3v) is 5.72. The second-order valence-electron chi connectivity index (χ2n) is 7.89. The predicted molar refractivity (Wildman–Crippen MR) is 119 cm³/mol. The van der Waals surface area contributed by atoms with Crippen LogP contribution in [-0.4, -0.2) is 12.5 Å². The minimum Gasteiger partial charge on any atom is -0.325 e. The maximum Gasteiger partial charge on any atom is 0.280 e. The van der Waals surface area contributed by atoms with Gasteiger partial charge in [0.15, 0.2) is 0 Å². The van der Waals surface area contributed by atoms with Crippen LogP contribution in [0.2, 0.25) is 0 Å². The Labute approximate surface area is 173 Å². The first-order valence-electron chi connectivity index (χ1n) is 10.8. The quantitative estimate of drug-likeness (QED) is 0.544. The molecular weight excluding hydrogens is 358 g/mol. The van der Waals surface area contributed by atoms with Gasteiger partial charge in [-0.2, -0.15) is 0 Å². The average Bonchev–Trinajstić information content (AvgIpc) is 3.14. The van der Waals surface area contributed by atoms with Gasteiger partial charge in [-0.15, -0.1) is 0 Å². The Kier molecular flexibility index (Phi) is 6.09. The van der Waals surface area contributed by atoms with Gasteiger partial charge in [0, 0.05) is 18.2 Å². The van der Waals surface area contributed by atoms with Crippen molar-refractivity contribution in [2.24, 2.45) is 0 Å². The summed E-state index contributed by atoms with van der Waals surface area (Å²) >= 11 is 0. The number of unbranched alkanes of at least 4 members (excludes halogenated alkanes) is 3. The average molecular weight is 389 g/mol. The highest BCUT2D eigenvalue weighted by molar-refractivity contribution is 6.02. The maximum atomic E-state index is 12.7. The smallest absolute Gasteiger partial charge is 0.280 e. The number of hydrogen-bond acceptors (Lipinski definition) is 2. The van der Waals surface area contributed by atoms with E-state index in [0.717, 1.165) is 54.8 Å². The highest BCUT2D eigenvalue weighted by Gasteiger charge is 2.32. The zero-order valence-corrected chi connectivity index (χ0v) is 17.2. The molecule has 150 valence electrons. The van der Waals surface area contributed by atoms with Gasteiger partial charge in [-0.1, -0.05) is 68.7 Å². The maximum absolute atomic E-state index is 12.7. The minimum absolute atomic E-state index is 0.126. The number of nitrogens with one attached hydrogen (secondary N) is 2. The van der Waals surface area contributed by atoms with E-state index in [1.54, 1.807) is 0 Å². The van der Waals surface area contributed by atoms with Crippen LogP contribution in [0.5, 0.6) is 0 Å². The van der Waals surface area contributed by atoms with E-state index in [9.17, 15) is 4.79 Å². The van der Waals surface area contributed by atoms with E-state index in [4.69, 9.17) is 0 Å². The summed E-state index contributed by atoms with van der Waals surface area (Å²) in [6.45, 7) is 4.01. The number of H-pyrrole nitrogens is 1. The molecule has 0 aliphatic carbocycles. The molecule has 1 amide bonds. The number of pyridine rings is 1. The molecule has 1 aliphatic rings. The van der Waals surface area contributed by atoms with Crippen LogP contribution >= 0.6 is 0 Å². The number of aromatic amines is 1. The van der Waals surface area contributed by atoms with E-state index in [0.29, 0.717) is 6.42 Å². The molecule has 0 saturated heterocycles. The van der Waals surface area contributed by atoms with Crippen LogP contribution in [0.25, 0.3) is 10.9 Å². The van der Waals surface area contributed by atoms with E-state index < -0.39 is 0 Å². The first-order chi connectivity index (χ1) is 14.3. The van der Waals surface area contributed by atoms with Crippen molar-refractivity contribution in [1.82, 2.24) is 0 Å². The van der Waals surface area contributed by atoms with E-state index in [1.165, 1.54) is 24.0 Å². The first-order valence-corrected chi connectivity index (χ1v) is 10.8. The summed E-state index contributed by atoms with van der Waals surface area (Å²) < 4.78 is 0. The molecule has 1 aliphatic heterocycles. The summed E-state index contributed by atoms with van der Waals surface area (Å²) in [5.74, 6) is 1.26. The molecule has 1 aromatic heterocycles. The Morgan fingerprint density at radius 3 is 2.66 bits per heavy atom. The lowest BCUT2D eigenvalue weighted by molar-refractivity contribution is -0.330. The molecule has 4 nitrogen and oxygen atoms in total. The highest BCUT2D eigenvalue weighted by atomic mass is 16.1. The normalized spacial score (nSPS) is 12.9. The van der Waals surface area contributed by atoms with Crippen LogP contribution in [0.4, 0.5) is 11.5 Å². The summed E-state index contributed by atoms with van der Waals surface area (Å²) in [4.78, 5) is 18.7. The van der Waals surface area contributed by atoms with Crippen LogP contribution in [0.3, 0.4) is 0 Å². The molecule has 3 aromatic rings. The fraction of sp³-hybridized carbons (Fsp3) is 0.360. The Hall–Kier alpha value is -2.88. The lowest BCUT2D eigenvalue weighted by Crippen LogP contribution is -2.26. The lowest BCUT2D eigenvalue weighted by Gasteiger charge is -2.14. The summed E-state index contributed by atoms with van der Waals surface area (Å²) in [5.41, 5.74) is 4.57. The van der Waals surface area contributed by atoms with Gasteiger partial charge in [0.2, 0.25) is 5.91 Å². The van der Waals surface area contributed by atoms with Crippen LogP contribution in [0.1, 0.15) is 50.2 Å². The number of anilines is 2. The third kappa shape index (κ3) is 4.42. The minimum atomic E-state index is 0.126. The van der Waals surface area contributed by atoms with Crippen LogP contribution in [-0.2, 0) is 17.8 Å². The number of hydrogen-bond donors (Lipinski definition) is 1. The second-order valence-corrected chi connectivity index (χ2v) is 7.89. The topological polar surface area (TPSA) is 46.5 Å². The zero-order chi connectivity index (χ0) is 20.1. The molecule has 0 radical (unpaired) electrons. The van der Waals surface area contributed by atoms with Gasteiger partial charge in [-0.05, 0) is 24.1 Å². The van der Waals surface area contributed by atoms with Gasteiger partial charge in [0.1, 0.15) is 12.1 Å². The molecule has 29 heavy (non-hydrogen) atoms. The molecule has 4 heteroatoms. The van der Waals surface area contributed by atoms with Gasteiger partial charge in [0.25, 0.3) is 5.82 Å². The van der Waals surface area contributed by atoms with Crippen molar-refractivity contribution in [2.75, 3.05) is 16.8 Å². The van der Waals surface area contributed by atoms with E-state index >= 15 is 0 Å². The predicted octanol–water partition coefficient (Wildman–Crippen LogP) is 5.13. The van der Waals surface area contributed by atoms with Crippen molar-refractivity contribution in [1.29, 1.82) is 0 Å². The Morgan fingerprint density at radius 1 is 1.03 bits per heavy atom. The number of rotatable bonds is 8. The van der Waals surface area contributed by atoms with E-state index in [1.807, 2.05) is 12.1 Å². The fourth-order valence-corrected chi connectivity index (χ4v) is 4.18. The van der Waals surface area contributed by atoms with Crippen molar-refractivity contribution in [2.45, 2.75) is 52.0 Å². The van der Waals surface area contributed by atoms with Gasteiger partial charge in [-0.25, -0.2) is 4.98 Å². The van der Waals surface area contributed by atoms with Gasteiger partial charge in [0.05, 0.1) is 17.8 Å². The number of amides is 1. The summed E-state index contributed by atoms with van der Waals surface area (Å²) in [6.07, 6.45) is 5.99. The summed E-state index contributed by atoms with van der Waals surface area (Å²) in [6, 6.07) is 18.8. The molecule has 0 unspecified atom stereocenters. The van der Waals surface area contributed by atoms with Gasteiger partial charge < -0.3 is 5.32 Å². The lowest BCUT2D eigenvalue weighted by atomic mass is 10.1. The third-order valence-electron chi connectivity index (χ3n) is 5.72. The Bertz CT molecular complexity index is 984. The molecule has 0 atom stereocenters. The monoisotopic (exact) mass is 388 g/mol. The standard InChI is InChI=1S/C25H29N3O/c1-2-3-4-8-15-23(29)27-24-20-13-9-10-14-22(20)26-25-21(24)16-17-28(25)18-19-11-6-5-7-12-19/h5-7,9-14H,2-4,8,15-18H2,1H3,(H,26,27,29)/p+1. The number of fused-ring (bicyclic) bond motifs is 2. The van der Waals surface area contributed by atoms with Crippen molar-refractivity contribution >= 4 is 28.3 Å². The van der Waals surface area contributed by atoms with Crippen molar-refractivity contribution in [3.05, 3.63) is 65.7 Å². The number of nitrogens with zero attached hydrogens (tertiary/aromatic N) is 1. The molecular formula is C25H30N3O+. The molecule has 0 fully saturated rings. The Balaban J connectivity index is 1.61. The molecule has 2 N–H and O–H groups in total. The number of benzene rings is 2. The molecule has 4 rings (SSSR count). The molecule has 2 aromatic carbocycles. The molecule has 0 bridgehead atoms. The van der Waals surface area contributed by atoms with E-state index in [2.05, 4.69) is 64.6 Å². The molecule has 2 heterocycles. The van der Waals surface area contributed by atoms with Gasteiger partial charge >= 0.3 is 0 Å². The van der Waals surface area contributed by atoms with Crippen molar-refractivity contribution < 1.29 is 9.78 Å². The number of aromatic nitrogens is 1. The van der Waals surface area contributed by atoms with Gasteiger partial charge in [-0.3, -0.25) is 9.69 Å². The largest absolute Gasteiger partial charge is 0.325 e. The summed E-state index contributed by atoms with van der Waals surface area (Å²) in [7, 11) is 0. The number of carbonyl (C=O) groups is 1. The Morgan fingerprint density at radius 2 is 1.83 bits per heavy atom. The van der Waals surface area contributed by atoms with Crippen LogP contribution in [0, 0.1) is 0 Å². The highest BCUT2D eigenvalue weighted by Crippen LogP contribution is 2.35. The van der Waals surface area contributed by atoms with Crippen LogP contribution < -0.4 is 15.2 Å². The SMILES string of the molecule is CCCCCCC(=O)Nc1c2c([nH+]c3ccccc13)N(Cc1ccccc1)CC2. The van der Waals surface area contributed by atoms with Crippen LogP contribution in [0.15, 0.2) is 54.6 Å². The van der Waals surface area contributed by atoms with Crippen molar-refractivity contribution in [3.63, 3.8) is 0 Å². The fourth-order valence-electron chi connectivity index (χ4n) is 4.18. The molecule has 0 spiro atoms. The zero-order valence-electron chi connectivity index (χ0n) is 17.2. The van der Waals surface area contributed by atoms with Crippen molar-refractivity contribution in [3.8, 4) is 0 Å². The number of carbonyl (C=O) groups excluding carboxylic acids is 1. The number of para-hydroxylation sites is 1. The first kappa shape index (κ1) is 19.4. The molecule has 0 saturated carbocycles. The second kappa shape index (κ2) is 9.08. The summed E-state index contributed by atoms with van der Waals surface area (Å²) in [5, 5.41) is 4.35.